The van der Waals surface area contributed by atoms with Crippen LogP contribution in [0, 0.1) is 0 Å². The molecule has 0 saturated heterocycles. The van der Waals surface area contributed by atoms with E-state index >= 15 is 0 Å². The van der Waals surface area contributed by atoms with Crippen LogP contribution in [0.25, 0.3) is 0 Å². The number of nitrogens with zero attached hydrogens (tertiary/aromatic N) is 1. The summed E-state index contributed by atoms with van der Waals surface area (Å²) in [6.07, 6.45) is 1.47. The monoisotopic (exact) mass is 248 g/mol. The van der Waals surface area contributed by atoms with Crippen molar-refractivity contribution >= 4 is 39.3 Å². The first-order chi connectivity index (χ1) is 5.59. The summed E-state index contributed by atoms with van der Waals surface area (Å²) < 4.78 is 0.711. The Hall–Kier alpha value is -0.610. The van der Waals surface area contributed by atoms with E-state index in [1.165, 1.54) is 13.1 Å². The molecule has 0 aromatic carbocycles. The van der Waals surface area contributed by atoms with Crippen molar-refractivity contribution < 1.29 is 4.79 Å². The van der Waals surface area contributed by atoms with E-state index in [0.717, 1.165) is 0 Å². The summed E-state index contributed by atoms with van der Waals surface area (Å²) in [5.74, 6) is 0.329. The van der Waals surface area contributed by atoms with Crippen LogP contribution in [-0.4, -0.2) is 10.9 Å². The van der Waals surface area contributed by atoms with Gasteiger partial charge in [-0.3, -0.25) is 4.79 Å². The van der Waals surface area contributed by atoms with Gasteiger partial charge in [0, 0.05) is 17.6 Å². The Morgan fingerprint density at radius 1 is 1.75 bits per heavy atom. The number of hydrogen-bond acceptors (Lipinski definition) is 2. The second-order valence-corrected chi connectivity index (χ2v) is 3.43. The third-order valence-corrected chi connectivity index (χ3v) is 2.30. The lowest BCUT2D eigenvalue weighted by Gasteiger charge is -2.01. The topological polar surface area (TPSA) is 42.0 Å². The zero-order valence-corrected chi connectivity index (χ0v) is 8.61. The summed E-state index contributed by atoms with van der Waals surface area (Å²) in [7, 11) is 0. The smallest absolute Gasteiger partial charge is 0.222 e. The van der Waals surface area contributed by atoms with Crippen molar-refractivity contribution in [1.82, 2.24) is 4.98 Å². The number of carbonyl (C=O) groups excluding carboxylic acids is 1. The van der Waals surface area contributed by atoms with Crippen molar-refractivity contribution in [2.75, 3.05) is 5.32 Å². The molecule has 1 aromatic heterocycles. The molecule has 1 N–H and O–H groups in total. The molecule has 0 unspecified atom stereocenters. The van der Waals surface area contributed by atoms with Gasteiger partial charge in [-0.15, -0.1) is 0 Å². The Kier molecular flexibility index (Phi) is 3.05. The molecule has 0 aliphatic rings. The first-order valence-corrected chi connectivity index (χ1v) is 4.35. The van der Waals surface area contributed by atoms with Gasteiger partial charge in [-0.05, 0) is 22.0 Å². The van der Waals surface area contributed by atoms with Crippen molar-refractivity contribution in [3.8, 4) is 0 Å². The summed E-state index contributed by atoms with van der Waals surface area (Å²) in [6.45, 7) is 1.42. The van der Waals surface area contributed by atoms with Crippen LogP contribution in [0.5, 0.6) is 0 Å². The van der Waals surface area contributed by atoms with Crippen LogP contribution < -0.4 is 5.32 Å². The number of amides is 1. The maximum atomic E-state index is 10.6. The van der Waals surface area contributed by atoms with Crippen molar-refractivity contribution in [1.29, 1.82) is 0 Å². The minimum Gasteiger partial charge on any atom is -0.311 e. The Balaban J connectivity index is 2.89. The zero-order valence-electron chi connectivity index (χ0n) is 6.27. The molecule has 0 saturated carbocycles. The Bertz CT molecular complexity index is 316. The van der Waals surface area contributed by atoms with E-state index in [1.807, 2.05) is 0 Å². The standard InChI is InChI=1S/C7H6BrClN2O/c1-4(12)11-7-2-5(8)6(9)3-10-7/h2-3H,1H3,(H,10,11,12). The summed E-state index contributed by atoms with van der Waals surface area (Å²) in [5.41, 5.74) is 0. The number of pyridine rings is 1. The number of halogens is 2. The second kappa shape index (κ2) is 3.87. The van der Waals surface area contributed by atoms with E-state index in [4.69, 9.17) is 11.6 Å². The molecule has 0 radical (unpaired) electrons. The lowest BCUT2D eigenvalue weighted by Crippen LogP contribution is -2.06. The number of rotatable bonds is 1. The van der Waals surface area contributed by atoms with Crippen molar-refractivity contribution in [3.63, 3.8) is 0 Å². The fourth-order valence-electron chi connectivity index (χ4n) is 0.663. The van der Waals surface area contributed by atoms with Gasteiger partial charge in [-0.25, -0.2) is 4.98 Å². The van der Waals surface area contributed by atoms with Gasteiger partial charge in [-0.2, -0.15) is 0 Å². The van der Waals surface area contributed by atoms with Gasteiger partial charge in [-0.1, -0.05) is 11.6 Å². The van der Waals surface area contributed by atoms with E-state index < -0.39 is 0 Å². The van der Waals surface area contributed by atoms with E-state index in [9.17, 15) is 4.79 Å². The summed E-state index contributed by atoms with van der Waals surface area (Å²) in [5, 5.41) is 3.05. The average molecular weight is 249 g/mol. The normalized spacial score (nSPS) is 9.58. The molecule has 64 valence electrons. The molecule has 0 spiro atoms. The highest BCUT2D eigenvalue weighted by Gasteiger charge is 2.00. The summed E-state index contributed by atoms with van der Waals surface area (Å²) in [4.78, 5) is 14.5. The number of anilines is 1. The third kappa shape index (κ3) is 2.46. The summed E-state index contributed by atoms with van der Waals surface area (Å²) >= 11 is 8.91. The molecule has 1 amide bonds. The van der Waals surface area contributed by atoms with Crippen LogP contribution in [-0.2, 0) is 4.79 Å². The van der Waals surface area contributed by atoms with Gasteiger partial charge in [0.25, 0.3) is 0 Å². The van der Waals surface area contributed by atoms with Crippen LogP contribution in [0.4, 0.5) is 5.82 Å². The highest BCUT2D eigenvalue weighted by molar-refractivity contribution is 9.10. The van der Waals surface area contributed by atoms with E-state index in [0.29, 0.717) is 15.3 Å². The molecule has 12 heavy (non-hydrogen) atoms. The molecule has 0 bridgehead atoms. The molecule has 0 aliphatic carbocycles. The van der Waals surface area contributed by atoms with Crippen LogP contribution in [0.15, 0.2) is 16.7 Å². The first-order valence-electron chi connectivity index (χ1n) is 3.18. The molecule has 5 heteroatoms. The molecule has 1 rings (SSSR count). The van der Waals surface area contributed by atoms with Crippen molar-refractivity contribution in [2.24, 2.45) is 0 Å². The predicted octanol–water partition coefficient (Wildman–Crippen LogP) is 2.46. The predicted molar refractivity (Wildman–Crippen MR) is 51.3 cm³/mol. The maximum absolute atomic E-state index is 10.6. The number of hydrogen-bond donors (Lipinski definition) is 1. The van der Waals surface area contributed by atoms with Crippen molar-refractivity contribution in [3.05, 3.63) is 21.8 Å². The van der Waals surface area contributed by atoms with Crippen LogP contribution in [0.2, 0.25) is 5.02 Å². The minimum absolute atomic E-state index is 0.156. The summed E-state index contributed by atoms with van der Waals surface area (Å²) in [6, 6.07) is 1.64. The van der Waals surface area contributed by atoms with Crippen LogP contribution >= 0.6 is 27.5 Å². The van der Waals surface area contributed by atoms with Crippen LogP contribution in [0.1, 0.15) is 6.92 Å². The Morgan fingerprint density at radius 2 is 2.42 bits per heavy atom. The quantitative estimate of drug-likeness (QED) is 0.831. The maximum Gasteiger partial charge on any atom is 0.222 e. The number of carbonyl (C=O) groups is 1. The SMILES string of the molecule is CC(=O)Nc1cc(Br)c(Cl)cn1. The largest absolute Gasteiger partial charge is 0.311 e. The van der Waals surface area contributed by atoms with Gasteiger partial charge in [0.15, 0.2) is 0 Å². The van der Waals surface area contributed by atoms with Gasteiger partial charge < -0.3 is 5.32 Å². The van der Waals surface area contributed by atoms with E-state index in [-0.39, 0.29) is 5.91 Å². The molecule has 0 fully saturated rings. The van der Waals surface area contributed by atoms with Crippen LogP contribution in [0.3, 0.4) is 0 Å². The first kappa shape index (κ1) is 9.48. The number of aromatic nitrogens is 1. The fraction of sp³-hybridized carbons (Fsp3) is 0.143. The van der Waals surface area contributed by atoms with Gasteiger partial charge >= 0.3 is 0 Å². The average Bonchev–Trinajstić information content (AvgIpc) is 1.96. The highest BCUT2D eigenvalue weighted by Crippen LogP contribution is 2.23. The van der Waals surface area contributed by atoms with Gasteiger partial charge in [0.2, 0.25) is 5.91 Å². The Morgan fingerprint density at radius 3 is 2.92 bits per heavy atom. The third-order valence-electron chi connectivity index (χ3n) is 1.11. The molecule has 0 atom stereocenters. The number of nitrogens with one attached hydrogen (secondary N) is 1. The molecule has 1 heterocycles. The van der Waals surface area contributed by atoms with Gasteiger partial charge in [0.1, 0.15) is 5.82 Å². The highest BCUT2D eigenvalue weighted by atomic mass is 79.9. The molecular weight excluding hydrogens is 243 g/mol. The second-order valence-electron chi connectivity index (χ2n) is 2.16. The van der Waals surface area contributed by atoms with E-state index in [2.05, 4.69) is 26.2 Å². The molecule has 3 nitrogen and oxygen atoms in total. The van der Waals surface area contributed by atoms with Crippen molar-refractivity contribution in [2.45, 2.75) is 6.92 Å². The minimum atomic E-state index is -0.156. The zero-order chi connectivity index (χ0) is 9.14. The molecule has 1 aromatic rings. The Labute approximate surface area is 83.3 Å². The lowest BCUT2D eigenvalue weighted by atomic mass is 10.4. The molecule has 0 aliphatic heterocycles. The lowest BCUT2D eigenvalue weighted by molar-refractivity contribution is -0.114. The molecular formula is C7H6BrClN2O. The fourth-order valence-corrected chi connectivity index (χ4v) is 1.09. The van der Waals surface area contributed by atoms with E-state index in [1.54, 1.807) is 6.07 Å². The van der Waals surface area contributed by atoms with Gasteiger partial charge in [0.05, 0.1) is 5.02 Å².